The van der Waals surface area contributed by atoms with Crippen molar-refractivity contribution >= 4 is 21.6 Å². The molecular formula is C14H21ClN2O2S. The maximum Gasteiger partial charge on any atom is 0.243 e. The number of sulfonamides is 1. The molecule has 1 heterocycles. The summed E-state index contributed by atoms with van der Waals surface area (Å²) in [5, 5.41) is 0.510. The summed E-state index contributed by atoms with van der Waals surface area (Å²) in [5.41, 5.74) is 6.25. The number of nitrogens with two attached hydrogens (primary N) is 1. The number of nitrogens with zero attached hydrogens (tertiary/aromatic N) is 1. The molecule has 112 valence electrons. The minimum atomic E-state index is -3.44. The molecule has 20 heavy (non-hydrogen) atoms. The van der Waals surface area contributed by atoms with Crippen molar-refractivity contribution in [3.8, 4) is 0 Å². The summed E-state index contributed by atoms with van der Waals surface area (Å²) >= 11 is 5.99. The molecule has 4 nitrogen and oxygen atoms in total. The molecule has 0 amide bonds. The third-order valence-corrected chi connectivity index (χ3v) is 6.11. The number of halogens is 1. The van der Waals surface area contributed by atoms with Gasteiger partial charge >= 0.3 is 0 Å². The fourth-order valence-corrected chi connectivity index (χ4v) is 4.23. The van der Waals surface area contributed by atoms with Crippen LogP contribution in [0.1, 0.15) is 31.7 Å². The quantitative estimate of drug-likeness (QED) is 0.932. The van der Waals surface area contributed by atoms with Gasteiger partial charge in [0.15, 0.2) is 0 Å². The molecule has 1 fully saturated rings. The van der Waals surface area contributed by atoms with Gasteiger partial charge in [-0.1, -0.05) is 18.5 Å². The zero-order valence-electron chi connectivity index (χ0n) is 11.7. The SMILES string of the molecule is CC1CCCN(S(=O)(=O)c2ccc(Cl)c(CN)c2)CC1. The summed E-state index contributed by atoms with van der Waals surface area (Å²) in [4.78, 5) is 0.289. The van der Waals surface area contributed by atoms with E-state index in [2.05, 4.69) is 6.92 Å². The summed E-state index contributed by atoms with van der Waals surface area (Å²) in [6, 6.07) is 4.76. The minimum absolute atomic E-state index is 0.235. The van der Waals surface area contributed by atoms with E-state index in [4.69, 9.17) is 17.3 Å². The number of benzene rings is 1. The molecule has 0 aromatic heterocycles. The Morgan fingerprint density at radius 2 is 2.10 bits per heavy atom. The standard InChI is InChI=1S/C14H21ClN2O2S/c1-11-3-2-7-17(8-6-11)20(18,19)13-4-5-14(15)12(9-13)10-16/h4-5,9,11H,2-3,6-8,10,16H2,1H3. The van der Waals surface area contributed by atoms with Crippen molar-refractivity contribution in [2.75, 3.05) is 13.1 Å². The molecule has 0 saturated carbocycles. The van der Waals surface area contributed by atoms with Gasteiger partial charge in [0.25, 0.3) is 0 Å². The summed E-state index contributed by atoms with van der Waals surface area (Å²) < 4.78 is 26.9. The third-order valence-electron chi connectivity index (χ3n) is 3.85. The van der Waals surface area contributed by atoms with Crippen LogP contribution in [0, 0.1) is 5.92 Å². The lowest BCUT2D eigenvalue weighted by Crippen LogP contribution is -2.32. The molecule has 1 aromatic rings. The Kier molecular flexibility index (Phi) is 5.07. The molecule has 2 N–H and O–H groups in total. The van der Waals surface area contributed by atoms with E-state index >= 15 is 0 Å². The van der Waals surface area contributed by atoms with Crippen LogP contribution in [-0.4, -0.2) is 25.8 Å². The smallest absolute Gasteiger partial charge is 0.243 e. The highest BCUT2D eigenvalue weighted by molar-refractivity contribution is 7.89. The van der Waals surface area contributed by atoms with E-state index in [1.807, 2.05) is 0 Å². The monoisotopic (exact) mass is 316 g/mol. The van der Waals surface area contributed by atoms with Crippen LogP contribution >= 0.6 is 11.6 Å². The lowest BCUT2D eigenvalue weighted by Gasteiger charge is -2.20. The van der Waals surface area contributed by atoms with E-state index in [9.17, 15) is 8.42 Å². The van der Waals surface area contributed by atoms with Gasteiger partial charge in [-0.15, -0.1) is 0 Å². The van der Waals surface area contributed by atoms with E-state index in [0.29, 0.717) is 29.6 Å². The molecule has 2 rings (SSSR count). The second-order valence-electron chi connectivity index (χ2n) is 5.40. The van der Waals surface area contributed by atoms with Crippen LogP contribution in [-0.2, 0) is 16.6 Å². The van der Waals surface area contributed by atoms with E-state index in [0.717, 1.165) is 19.3 Å². The second-order valence-corrected chi connectivity index (χ2v) is 7.74. The minimum Gasteiger partial charge on any atom is -0.326 e. The van der Waals surface area contributed by atoms with Crippen LogP contribution in [0.4, 0.5) is 0 Å². The van der Waals surface area contributed by atoms with Crippen molar-refractivity contribution in [2.24, 2.45) is 11.7 Å². The Hall–Kier alpha value is -0.620. The average molecular weight is 317 g/mol. The zero-order chi connectivity index (χ0) is 14.8. The Morgan fingerprint density at radius 1 is 1.35 bits per heavy atom. The molecule has 0 bridgehead atoms. The van der Waals surface area contributed by atoms with Gasteiger partial charge in [-0.2, -0.15) is 4.31 Å². The van der Waals surface area contributed by atoms with E-state index in [1.165, 1.54) is 0 Å². The first-order valence-corrected chi connectivity index (χ1v) is 8.75. The molecule has 1 atom stereocenters. The van der Waals surface area contributed by atoms with Crippen LogP contribution in [0.3, 0.4) is 0 Å². The van der Waals surface area contributed by atoms with Gasteiger partial charge in [-0.3, -0.25) is 0 Å². The van der Waals surface area contributed by atoms with Gasteiger partial charge in [0, 0.05) is 24.7 Å². The second kappa shape index (κ2) is 6.43. The van der Waals surface area contributed by atoms with Crippen molar-refractivity contribution in [2.45, 2.75) is 37.6 Å². The maximum atomic E-state index is 12.7. The normalized spacial score (nSPS) is 21.6. The van der Waals surface area contributed by atoms with Crippen molar-refractivity contribution in [3.63, 3.8) is 0 Å². The number of hydrogen-bond donors (Lipinski definition) is 1. The Bertz CT molecular complexity index is 575. The van der Waals surface area contributed by atoms with Crippen LogP contribution in [0.25, 0.3) is 0 Å². The van der Waals surface area contributed by atoms with Crippen LogP contribution in [0.2, 0.25) is 5.02 Å². The summed E-state index contributed by atoms with van der Waals surface area (Å²) in [7, 11) is -3.44. The van der Waals surface area contributed by atoms with Crippen molar-refractivity contribution in [1.29, 1.82) is 0 Å². The largest absolute Gasteiger partial charge is 0.326 e. The lowest BCUT2D eigenvalue weighted by molar-refractivity contribution is 0.416. The van der Waals surface area contributed by atoms with E-state index < -0.39 is 10.0 Å². The third kappa shape index (κ3) is 3.34. The topological polar surface area (TPSA) is 63.4 Å². The van der Waals surface area contributed by atoms with Crippen LogP contribution < -0.4 is 5.73 Å². The van der Waals surface area contributed by atoms with Gasteiger partial charge < -0.3 is 5.73 Å². The number of rotatable bonds is 3. The predicted molar refractivity (Wildman–Crippen MR) is 81.1 cm³/mol. The molecule has 1 aliphatic heterocycles. The highest BCUT2D eigenvalue weighted by Gasteiger charge is 2.26. The maximum absolute atomic E-state index is 12.7. The molecule has 0 spiro atoms. The Labute approximate surface area is 126 Å². The molecule has 0 radical (unpaired) electrons. The van der Waals surface area contributed by atoms with Gasteiger partial charge in [0.05, 0.1) is 4.90 Å². The van der Waals surface area contributed by atoms with Crippen LogP contribution in [0.15, 0.2) is 23.1 Å². The fourth-order valence-electron chi connectivity index (χ4n) is 2.49. The van der Waals surface area contributed by atoms with Gasteiger partial charge in [0.1, 0.15) is 0 Å². The summed E-state index contributed by atoms with van der Waals surface area (Å²) in [6.45, 7) is 3.58. The molecule has 0 aliphatic carbocycles. The fraction of sp³-hybridized carbons (Fsp3) is 0.571. The van der Waals surface area contributed by atoms with E-state index in [-0.39, 0.29) is 11.4 Å². The molecule has 1 aliphatic rings. The van der Waals surface area contributed by atoms with Gasteiger partial charge in [0.2, 0.25) is 10.0 Å². The predicted octanol–water partition coefficient (Wildman–Crippen LogP) is 2.61. The van der Waals surface area contributed by atoms with E-state index in [1.54, 1.807) is 22.5 Å². The Balaban J connectivity index is 2.29. The molecule has 6 heteroatoms. The first-order valence-electron chi connectivity index (χ1n) is 6.94. The Morgan fingerprint density at radius 3 is 2.80 bits per heavy atom. The summed E-state index contributed by atoms with van der Waals surface area (Å²) in [5.74, 6) is 0.583. The molecule has 1 saturated heterocycles. The first kappa shape index (κ1) is 15.8. The van der Waals surface area contributed by atoms with Crippen molar-refractivity contribution < 1.29 is 8.42 Å². The average Bonchev–Trinajstić information content (AvgIpc) is 2.64. The summed E-state index contributed by atoms with van der Waals surface area (Å²) in [6.07, 6.45) is 2.91. The molecule has 1 aromatic carbocycles. The van der Waals surface area contributed by atoms with Gasteiger partial charge in [-0.25, -0.2) is 8.42 Å². The lowest BCUT2D eigenvalue weighted by atomic mass is 10.0. The molecular weight excluding hydrogens is 296 g/mol. The van der Waals surface area contributed by atoms with Crippen LogP contribution in [0.5, 0.6) is 0 Å². The zero-order valence-corrected chi connectivity index (χ0v) is 13.3. The van der Waals surface area contributed by atoms with Gasteiger partial charge in [-0.05, 0) is 48.9 Å². The van der Waals surface area contributed by atoms with Crippen molar-refractivity contribution in [3.05, 3.63) is 28.8 Å². The highest BCUT2D eigenvalue weighted by Crippen LogP contribution is 2.25. The number of hydrogen-bond acceptors (Lipinski definition) is 3. The van der Waals surface area contributed by atoms with Crippen molar-refractivity contribution in [1.82, 2.24) is 4.31 Å². The molecule has 1 unspecified atom stereocenters. The first-order chi connectivity index (χ1) is 9.45. The highest BCUT2D eigenvalue weighted by atomic mass is 35.5.